The number of hydrogen-bond acceptors (Lipinski definition) is 3. The zero-order valence-electron chi connectivity index (χ0n) is 8.01. The van der Waals surface area contributed by atoms with Gasteiger partial charge in [-0.3, -0.25) is 0 Å². The largest absolute Gasteiger partial charge is 0.330 e. The number of benzene rings is 1. The maximum absolute atomic E-state index is 11.8. The zero-order valence-corrected chi connectivity index (χ0v) is 9.59. The summed E-state index contributed by atoms with van der Waals surface area (Å²) in [6.07, 6.45) is 2.98. The maximum atomic E-state index is 11.8. The summed E-state index contributed by atoms with van der Waals surface area (Å²) >= 11 is 5.72. The molecule has 0 aliphatic heterocycles. The van der Waals surface area contributed by atoms with E-state index in [9.17, 15) is 8.42 Å². The van der Waals surface area contributed by atoms with Gasteiger partial charge in [0.2, 0.25) is 5.95 Å². The highest BCUT2D eigenvalue weighted by Crippen LogP contribution is 2.17. The number of nitrogens with zero attached hydrogens (tertiary/aromatic N) is 1. The lowest BCUT2D eigenvalue weighted by atomic mass is 10.4. The molecule has 1 aromatic heterocycles. The molecule has 0 aliphatic rings. The topological polar surface area (TPSA) is 74.8 Å². The van der Waals surface area contributed by atoms with E-state index in [2.05, 4.69) is 14.7 Å². The minimum atomic E-state index is -3.63. The lowest BCUT2D eigenvalue weighted by Crippen LogP contribution is -2.13. The van der Waals surface area contributed by atoms with Crippen LogP contribution in [0.3, 0.4) is 0 Å². The van der Waals surface area contributed by atoms with E-state index in [1.165, 1.54) is 24.5 Å². The van der Waals surface area contributed by atoms with E-state index in [1.807, 2.05) is 0 Å². The van der Waals surface area contributed by atoms with Gasteiger partial charge in [-0.15, -0.1) is 0 Å². The summed E-state index contributed by atoms with van der Waals surface area (Å²) in [4.78, 5) is 6.51. The molecule has 0 aliphatic carbocycles. The van der Waals surface area contributed by atoms with Crippen LogP contribution in [-0.4, -0.2) is 18.4 Å². The van der Waals surface area contributed by atoms with Crippen LogP contribution in [0.2, 0.25) is 5.02 Å². The molecule has 2 N–H and O–H groups in total. The molecule has 0 saturated carbocycles. The first kappa shape index (κ1) is 11.0. The third-order valence-corrected chi connectivity index (χ3v) is 3.41. The Morgan fingerprint density at radius 2 is 2.19 bits per heavy atom. The Morgan fingerprint density at radius 3 is 2.81 bits per heavy atom. The quantitative estimate of drug-likeness (QED) is 0.881. The van der Waals surface area contributed by atoms with Gasteiger partial charge in [-0.05, 0) is 18.2 Å². The minimum absolute atomic E-state index is 0.0939. The Hall–Kier alpha value is -1.53. The van der Waals surface area contributed by atoms with Crippen molar-refractivity contribution in [3.63, 3.8) is 0 Å². The van der Waals surface area contributed by atoms with Gasteiger partial charge in [-0.2, -0.15) is 0 Å². The number of H-pyrrole nitrogens is 1. The Labute approximate surface area is 97.5 Å². The second kappa shape index (κ2) is 4.15. The van der Waals surface area contributed by atoms with Crippen molar-refractivity contribution in [1.29, 1.82) is 0 Å². The molecule has 7 heteroatoms. The summed E-state index contributed by atoms with van der Waals surface area (Å²) in [5.74, 6) is 0.167. The van der Waals surface area contributed by atoms with Gasteiger partial charge in [0.1, 0.15) is 0 Å². The average molecular weight is 258 g/mol. The summed E-state index contributed by atoms with van der Waals surface area (Å²) in [6, 6.07) is 6.00. The zero-order chi connectivity index (χ0) is 11.6. The number of aromatic nitrogens is 2. The molecule has 1 heterocycles. The Balaban J connectivity index is 2.33. The molecule has 0 unspecified atom stereocenters. The molecule has 1 aromatic carbocycles. The Morgan fingerprint density at radius 1 is 1.38 bits per heavy atom. The molecule has 2 aromatic rings. The first-order chi connectivity index (χ1) is 7.58. The second-order valence-electron chi connectivity index (χ2n) is 3.00. The van der Waals surface area contributed by atoms with E-state index in [4.69, 9.17) is 11.6 Å². The predicted molar refractivity (Wildman–Crippen MR) is 60.8 cm³/mol. The minimum Gasteiger partial charge on any atom is -0.330 e. The number of anilines is 1. The fourth-order valence-corrected chi connectivity index (χ4v) is 2.42. The molecular weight excluding hydrogens is 250 g/mol. The molecule has 0 spiro atoms. The van der Waals surface area contributed by atoms with Crippen LogP contribution in [0.5, 0.6) is 0 Å². The molecule has 84 valence electrons. The average Bonchev–Trinajstić information content (AvgIpc) is 2.70. The Kier molecular flexibility index (Phi) is 2.84. The summed E-state index contributed by atoms with van der Waals surface area (Å²) in [5, 5.41) is 0.363. The third kappa shape index (κ3) is 2.34. The first-order valence-electron chi connectivity index (χ1n) is 4.36. The van der Waals surface area contributed by atoms with Crippen LogP contribution in [0.25, 0.3) is 0 Å². The maximum Gasteiger partial charge on any atom is 0.264 e. The van der Waals surface area contributed by atoms with Gasteiger partial charge in [0.15, 0.2) is 0 Å². The van der Waals surface area contributed by atoms with Crippen molar-refractivity contribution >= 4 is 27.6 Å². The number of imidazole rings is 1. The smallest absolute Gasteiger partial charge is 0.264 e. The van der Waals surface area contributed by atoms with E-state index in [-0.39, 0.29) is 10.8 Å². The molecule has 0 radical (unpaired) electrons. The van der Waals surface area contributed by atoms with Crippen molar-refractivity contribution < 1.29 is 8.42 Å². The van der Waals surface area contributed by atoms with Crippen LogP contribution < -0.4 is 4.72 Å². The summed E-state index contributed by atoms with van der Waals surface area (Å²) in [6.45, 7) is 0. The van der Waals surface area contributed by atoms with E-state index in [1.54, 1.807) is 12.1 Å². The van der Waals surface area contributed by atoms with Crippen molar-refractivity contribution in [3.05, 3.63) is 41.7 Å². The van der Waals surface area contributed by atoms with Gasteiger partial charge in [-0.1, -0.05) is 17.7 Å². The van der Waals surface area contributed by atoms with Crippen molar-refractivity contribution in [3.8, 4) is 0 Å². The predicted octanol–water partition coefficient (Wildman–Crippen LogP) is 1.86. The molecule has 16 heavy (non-hydrogen) atoms. The normalized spacial score (nSPS) is 11.3. The number of sulfonamides is 1. The molecule has 0 bridgehead atoms. The van der Waals surface area contributed by atoms with Gasteiger partial charge in [0, 0.05) is 17.4 Å². The lowest BCUT2D eigenvalue weighted by Gasteiger charge is -2.05. The van der Waals surface area contributed by atoms with Crippen LogP contribution >= 0.6 is 11.6 Å². The van der Waals surface area contributed by atoms with Crippen LogP contribution in [0.15, 0.2) is 41.6 Å². The van der Waals surface area contributed by atoms with Crippen molar-refractivity contribution in [2.75, 3.05) is 4.72 Å². The number of hydrogen-bond donors (Lipinski definition) is 2. The summed E-state index contributed by atoms with van der Waals surface area (Å²) < 4.78 is 25.9. The van der Waals surface area contributed by atoms with E-state index in [0.717, 1.165) is 0 Å². The number of halogens is 1. The number of rotatable bonds is 3. The van der Waals surface area contributed by atoms with Gasteiger partial charge >= 0.3 is 0 Å². The standard InChI is InChI=1S/C9H8ClN3O2S/c10-7-2-1-3-8(6-7)16(14,15)13-9-11-4-5-12-9/h1-6H,(H2,11,12,13). The molecule has 2 rings (SSSR count). The highest BCUT2D eigenvalue weighted by atomic mass is 35.5. The molecule has 0 atom stereocenters. The van der Waals surface area contributed by atoms with E-state index in [0.29, 0.717) is 5.02 Å². The molecule has 0 fully saturated rings. The molecular formula is C9H8ClN3O2S. The van der Waals surface area contributed by atoms with Gasteiger partial charge in [-0.25, -0.2) is 18.1 Å². The highest BCUT2D eigenvalue weighted by Gasteiger charge is 2.15. The van der Waals surface area contributed by atoms with Gasteiger partial charge in [0.25, 0.3) is 10.0 Å². The molecule has 0 saturated heterocycles. The van der Waals surface area contributed by atoms with Crippen LogP contribution in [0.4, 0.5) is 5.95 Å². The fourth-order valence-electron chi connectivity index (χ4n) is 1.14. The van der Waals surface area contributed by atoms with E-state index >= 15 is 0 Å². The lowest BCUT2D eigenvalue weighted by molar-refractivity contribution is 0.601. The SMILES string of the molecule is O=S(=O)(Nc1ncc[nH]1)c1cccc(Cl)c1. The highest BCUT2D eigenvalue weighted by molar-refractivity contribution is 7.92. The summed E-state index contributed by atoms with van der Waals surface area (Å²) in [7, 11) is -3.63. The van der Waals surface area contributed by atoms with Crippen LogP contribution in [-0.2, 0) is 10.0 Å². The fraction of sp³-hybridized carbons (Fsp3) is 0. The second-order valence-corrected chi connectivity index (χ2v) is 5.12. The Bertz CT molecular complexity index is 581. The van der Waals surface area contributed by atoms with Crippen molar-refractivity contribution in [1.82, 2.24) is 9.97 Å². The first-order valence-corrected chi connectivity index (χ1v) is 6.22. The van der Waals surface area contributed by atoms with Crippen LogP contribution in [0.1, 0.15) is 0 Å². The van der Waals surface area contributed by atoms with Gasteiger partial charge in [0.05, 0.1) is 4.90 Å². The number of nitrogens with one attached hydrogen (secondary N) is 2. The van der Waals surface area contributed by atoms with Crippen molar-refractivity contribution in [2.24, 2.45) is 0 Å². The molecule has 0 amide bonds. The van der Waals surface area contributed by atoms with Crippen molar-refractivity contribution in [2.45, 2.75) is 4.90 Å². The van der Waals surface area contributed by atoms with E-state index < -0.39 is 10.0 Å². The molecule has 5 nitrogen and oxygen atoms in total. The monoisotopic (exact) mass is 257 g/mol. The van der Waals surface area contributed by atoms with Gasteiger partial charge < -0.3 is 4.98 Å². The third-order valence-electron chi connectivity index (χ3n) is 1.84. The van der Waals surface area contributed by atoms with Crippen LogP contribution in [0, 0.1) is 0 Å². The number of aromatic amines is 1. The summed E-state index contributed by atoms with van der Waals surface area (Å²) in [5.41, 5.74) is 0.